The molecule has 0 spiro atoms. The molecule has 3 rings (SSSR count). The van der Waals surface area contributed by atoms with Gasteiger partial charge in [0.25, 0.3) is 0 Å². The van der Waals surface area contributed by atoms with Crippen LogP contribution in [0.15, 0.2) is 48.5 Å². The Morgan fingerprint density at radius 3 is 2.16 bits per heavy atom. The molecule has 0 saturated carbocycles. The second-order valence-electron chi connectivity index (χ2n) is 6.38. The van der Waals surface area contributed by atoms with E-state index in [0.717, 1.165) is 41.1 Å². The standard InChI is InChI=1S/C21H25NOS2/c1-2-3-4-5-17-6-10-19(11-7-17)23-20-12-8-18(9-13-20)16-22-14-15-25-21(22)24/h6-13H,2-5,14-16H2,1H3. The molecule has 0 radical (unpaired) electrons. The highest BCUT2D eigenvalue weighted by Gasteiger charge is 2.17. The Labute approximate surface area is 160 Å². The minimum Gasteiger partial charge on any atom is -0.457 e. The van der Waals surface area contributed by atoms with Crippen molar-refractivity contribution in [3.63, 3.8) is 0 Å². The molecule has 0 aromatic heterocycles. The molecule has 2 aromatic rings. The Balaban J connectivity index is 1.53. The molecule has 0 unspecified atom stereocenters. The summed E-state index contributed by atoms with van der Waals surface area (Å²) in [6.45, 7) is 4.17. The molecular formula is C21H25NOS2. The zero-order valence-electron chi connectivity index (χ0n) is 14.7. The van der Waals surface area contributed by atoms with E-state index < -0.39 is 0 Å². The summed E-state index contributed by atoms with van der Waals surface area (Å²) in [4.78, 5) is 2.26. The minimum absolute atomic E-state index is 0.876. The summed E-state index contributed by atoms with van der Waals surface area (Å²) in [5, 5.41) is 0. The van der Waals surface area contributed by atoms with Crippen LogP contribution in [0.25, 0.3) is 0 Å². The first-order valence-electron chi connectivity index (χ1n) is 9.02. The summed E-state index contributed by atoms with van der Waals surface area (Å²) in [6, 6.07) is 16.8. The predicted octanol–water partition coefficient (Wildman–Crippen LogP) is 6.05. The van der Waals surface area contributed by atoms with Gasteiger partial charge >= 0.3 is 0 Å². The smallest absolute Gasteiger partial charge is 0.136 e. The van der Waals surface area contributed by atoms with Crippen LogP contribution in [0.1, 0.15) is 37.3 Å². The van der Waals surface area contributed by atoms with Crippen molar-refractivity contribution in [3.8, 4) is 11.5 Å². The molecule has 4 heteroatoms. The summed E-state index contributed by atoms with van der Waals surface area (Å²) in [6.07, 6.45) is 4.97. The normalized spacial score (nSPS) is 14.1. The van der Waals surface area contributed by atoms with E-state index in [2.05, 4.69) is 48.2 Å². The van der Waals surface area contributed by atoms with E-state index in [1.807, 2.05) is 12.1 Å². The lowest BCUT2D eigenvalue weighted by atomic mass is 10.1. The summed E-state index contributed by atoms with van der Waals surface area (Å²) in [5.41, 5.74) is 2.65. The van der Waals surface area contributed by atoms with Crippen molar-refractivity contribution in [2.75, 3.05) is 12.3 Å². The van der Waals surface area contributed by atoms with E-state index in [4.69, 9.17) is 17.0 Å². The molecule has 1 saturated heterocycles. The highest BCUT2D eigenvalue weighted by Crippen LogP contribution is 2.24. The first kappa shape index (κ1) is 18.3. The Morgan fingerprint density at radius 2 is 1.60 bits per heavy atom. The van der Waals surface area contributed by atoms with E-state index in [0.29, 0.717) is 0 Å². The fraction of sp³-hybridized carbons (Fsp3) is 0.381. The topological polar surface area (TPSA) is 12.5 Å². The van der Waals surface area contributed by atoms with Crippen LogP contribution in [0, 0.1) is 0 Å². The van der Waals surface area contributed by atoms with Crippen LogP contribution in [0.5, 0.6) is 11.5 Å². The van der Waals surface area contributed by atoms with Crippen molar-refractivity contribution >= 4 is 28.3 Å². The first-order chi connectivity index (χ1) is 12.2. The molecule has 0 bridgehead atoms. The third-order valence-electron chi connectivity index (χ3n) is 4.37. The third kappa shape index (κ3) is 5.48. The summed E-state index contributed by atoms with van der Waals surface area (Å²) < 4.78 is 6.97. The lowest BCUT2D eigenvalue weighted by Gasteiger charge is -2.16. The van der Waals surface area contributed by atoms with E-state index >= 15 is 0 Å². The van der Waals surface area contributed by atoms with E-state index in [1.54, 1.807) is 11.8 Å². The molecule has 0 amide bonds. The largest absolute Gasteiger partial charge is 0.457 e. The molecule has 2 nitrogen and oxygen atoms in total. The van der Waals surface area contributed by atoms with Gasteiger partial charge in [0, 0.05) is 18.8 Å². The van der Waals surface area contributed by atoms with Gasteiger partial charge in [0.05, 0.1) is 0 Å². The molecular weight excluding hydrogens is 346 g/mol. The molecule has 1 aliphatic rings. The zero-order valence-corrected chi connectivity index (χ0v) is 16.4. The lowest BCUT2D eigenvalue weighted by molar-refractivity contribution is 0.461. The molecule has 0 aliphatic carbocycles. The fourth-order valence-corrected chi connectivity index (χ4v) is 4.12. The molecule has 2 aromatic carbocycles. The van der Waals surface area contributed by atoms with Gasteiger partial charge in [-0.3, -0.25) is 0 Å². The molecule has 0 N–H and O–H groups in total. The second-order valence-corrected chi connectivity index (χ2v) is 8.11. The quantitative estimate of drug-likeness (QED) is 0.414. The zero-order chi connectivity index (χ0) is 17.5. The Kier molecular flexibility index (Phi) is 6.76. The SMILES string of the molecule is CCCCCc1ccc(Oc2ccc(CN3CCSC3=S)cc2)cc1. The van der Waals surface area contributed by atoms with Gasteiger partial charge in [-0.05, 0) is 48.2 Å². The highest BCUT2D eigenvalue weighted by molar-refractivity contribution is 8.23. The van der Waals surface area contributed by atoms with Crippen LogP contribution in [0.2, 0.25) is 0 Å². The average Bonchev–Trinajstić information content (AvgIpc) is 3.03. The maximum absolute atomic E-state index is 5.96. The van der Waals surface area contributed by atoms with Gasteiger partial charge in [-0.1, -0.05) is 68.0 Å². The van der Waals surface area contributed by atoms with Crippen molar-refractivity contribution in [1.82, 2.24) is 4.90 Å². The number of unbranched alkanes of at least 4 members (excludes halogenated alkanes) is 2. The number of benzene rings is 2. The van der Waals surface area contributed by atoms with Crippen LogP contribution in [-0.2, 0) is 13.0 Å². The van der Waals surface area contributed by atoms with Gasteiger partial charge < -0.3 is 9.64 Å². The van der Waals surface area contributed by atoms with Crippen molar-refractivity contribution < 1.29 is 4.74 Å². The lowest BCUT2D eigenvalue weighted by Crippen LogP contribution is -2.22. The van der Waals surface area contributed by atoms with Crippen LogP contribution in [-0.4, -0.2) is 21.5 Å². The Bertz CT molecular complexity index is 682. The molecule has 0 atom stereocenters. The Morgan fingerprint density at radius 1 is 0.960 bits per heavy atom. The van der Waals surface area contributed by atoms with Crippen molar-refractivity contribution in [1.29, 1.82) is 0 Å². The molecule has 1 aliphatic heterocycles. The summed E-state index contributed by atoms with van der Waals surface area (Å²) in [7, 11) is 0. The summed E-state index contributed by atoms with van der Waals surface area (Å²) >= 11 is 7.13. The van der Waals surface area contributed by atoms with Gasteiger partial charge in [0.2, 0.25) is 0 Å². The maximum atomic E-state index is 5.96. The van der Waals surface area contributed by atoms with E-state index in [-0.39, 0.29) is 0 Å². The number of rotatable bonds is 8. The first-order valence-corrected chi connectivity index (χ1v) is 10.4. The van der Waals surface area contributed by atoms with Gasteiger partial charge in [0.15, 0.2) is 0 Å². The number of thioether (sulfide) groups is 1. The van der Waals surface area contributed by atoms with Gasteiger partial charge in [-0.15, -0.1) is 0 Å². The molecule has 132 valence electrons. The maximum Gasteiger partial charge on any atom is 0.136 e. The molecule has 25 heavy (non-hydrogen) atoms. The van der Waals surface area contributed by atoms with Gasteiger partial charge in [-0.25, -0.2) is 0 Å². The van der Waals surface area contributed by atoms with E-state index in [1.165, 1.54) is 30.4 Å². The number of ether oxygens (including phenoxy) is 1. The predicted molar refractivity (Wildman–Crippen MR) is 112 cm³/mol. The van der Waals surface area contributed by atoms with Crippen molar-refractivity contribution in [3.05, 3.63) is 59.7 Å². The minimum atomic E-state index is 0.876. The summed E-state index contributed by atoms with van der Waals surface area (Å²) in [5.74, 6) is 2.87. The van der Waals surface area contributed by atoms with Crippen LogP contribution < -0.4 is 4.74 Å². The number of hydrogen-bond donors (Lipinski definition) is 0. The second kappa shape index (κ2) is 9.25. The van der Waals surface area contributed by atoms with Crippen LogP contribution >= 0.6 is 24.0 Å². The van der Waals surface area contributed by atoms with Gasteiger partial charge in [-0.2, -0.15) is 0 Å². The monoisotopic (exact) mass is 371 g/mol. The number of hydrogen-bond acceptors (Lipinski definition) is 3. The van der Waals surface area contributed by atoms with Gasteiger partial charge in [0.1, 0.15) is 15.8 Å². The van der Waals surface area contributed by atoms with Crippen molar-refractivity contribution in [2.24, 2.45) is 0 Å². The number of nitrogens with zero attached hydrogens (tertiary/aromatic N) is 1. The van der Waals surface area contributed by atoms with Crippen molar-refractivity contribution in [2.45, 2.75) is 39.2 Å². The highest BCUT2D eigenvalue weighted by atomic mass is 32.2. The number of thiocarbonyl (C=S) groups is 1. The molecule has 1 heterocycles. The van der Waals surface area contributed by atoms with Crippen LogP contribution in [0.4, 0.5) is 0 Å². The number of aryl methyl sites for hydroxylation is 1. The average molecular weight is 372 g/mol. The third-order valence-corrected chi connectivity index (χ3v) is 5.87. The Hall–Kier alpha value is -1.52. The van der Waals surface area contributed by atoms with Crippen LogP contribution in [0.3, 0.4) is 0 Å². The molecule has 1 fully saturated rings. The van der Waals surface area contributed by atoms with E-state index in [9.17, 15) is 0 Å². The fourth-order valence-electron chi connectivity index (χ4n) is 2.89.